The van der Waals surface area contributed by atoms with Crippen molar-refractivity contribution in [2.45, 2.75) is 24.3 Å². The first-order valence-corrected chi connectivity index (χ1v) is 6.88. The van der Waals surface area contributed by atoms with E-state index in [4.69, 9.17) is 4.74 Å². The van der Waals surface area contributed by atoms with Gasteiger partial charge in [0.1, 0.15) is 0 Å². The Morgan fingerprint density at radius 2 is 1.95 bits per heavy atom. The quantitative estimate of drug-likeness (QED) is 0.723. The molecule has 1 atom stereocenters. The molecule has 20 heavy (non-hydrogen) atoms. The summed E-state index contributed by atoms with van der Waals surface area (Å²) in [6.45, 7) is 1.49. The summed E-state index contributed by atoms with van der Waals surface area (Å²) in [4.78, 5) is 11.4. The fourth-order valence-electron chi connectivity index (χ4n) is 2.50. The lowest BCUT2D eigenvalue weighted by Crippen LogP contribution is -2.53. The molecule has 5 nitrogen and oxygen atoms in total. The second-order valence-electron chi connectivity index (χ2n) is 5.23. The van der Waals surface area contributed by atoms with Crippen LogP contribution >= 0.6 is 0 Å². The maximum absolute atomic E-state index is 11.4. The normalized spacial score (nSPS) is 19.4. The molecule has 110 valence electrons. The molecule has 1 fully saturated rings. The van der Waals surface area contributed by atoms with E-state index in [0.717, 1.165) is 5.56 Å². The minimum absolute atomic E-state index is 0.00249. The van der Waals surface area contributed by atoms with Crippen LogP contribution < -0.4 is 5.32 Å². The van der Waals surface area contributed by atoms with Crippen molar-refractivity contribution in [3.05, 3.63) is 35.9 Å². The van der Waals surface area contributed by atoms with Gasteiger partial charge in [-0.1, -0.05) is 30.3 Å². The van der Waals surface area contributed by atoms with Crippen molar-refractivity contribution in [3.8, 4) is 0 Å². The third kappa shape index (κ3) is 3.56. The molecule has 0 aromatic heterocycles. The standard InChI is InChI=1S/C15H21NO4/c17-11-15(6-8-20-9-7-15)16-10-13(14(18)19)12-4-2-1-3-5-12/h1-5,13,16-17H,6-11H2,(H,18,19). The van der Waals surface area contributed by atoms with E-state index in [-0.39, 0.29) is 6.61 Å². The van der Waals surface area contributed by atoms with Crippen molar-refractivity contribution in [3.63, 3.8) is 0 Å². The van der Waals surface area contributed by atoms with Gasteiger partial charge < -0.3 is 20.3 Å². The maximum Gasteiger partial charge on any atom is 0.312 e. The van der Waals surface area contributed by atoms with Crippen LogP contribution in [-0.4, -0.2) is 48.1 Å². The number of hydrogen-bond donors (Lipinski definition) is 3. The van der Waals surface area contributed by atoms with Crippen molar-refractivity contribution >= 4 is 5.97 Å². The topological polar surface area (TPSA) is 78.8 Å². The van der Waals surface area contributed by atoms with Crippen molar-refractivity contribution < 1.29 is 19.7 Å². The van der Waals surface area contributed by atoms with Crippen LogP contribution in [0.25, 0.3) is 0 Å². The Morgan fingerprint density at radius 1 is 1.30 bits per heavy atom. The molecule has 2 rings (SSSR count). The molecule has 1 saturated heterocycles. The van der Waals surface area contributed by atoms with Crippen LogP contribution in [0.2, 0.25) is 0 Å². The third-order valence-electron chi connectivity index (χ3n) is 3.93. The Balaban J connectivity index is 2.04. The van der Waals surface area contributed by atoms with Crippen LogP contribution in [0.1, 0.15) is 24.3 Å². The van der Waals surface area contributed by atoms with Crippen LogP contribution in [0.5, 0.6) is 0 Å². The third-order valence-corrected chi connectivity index (χ3v) is 3.93. The predicted octanol–water partition coefficient (Wildman–Crippen LogP) is 0.986. The van der Waals surface area contributed by atoms with E-state index in [9.17, 15) is 15.0 Å². The van der Waals surface area contributed by atoms with E-state index >= 15 is 0 Å². The monoisotopic (exact) mass is 279 g/mol. The smallest absolute Gasteiger partial charge is 0.312 e. The maximum atomic E-state index is 11.4. The van der Waals surface area contributed by atoms with Crippen LogP contribution in [0.3, 0.4) is 0 Å². The summed E-state index contributed by atoms with van der Waals surface area (Å²) >= 11 is 0. The van der Waals surface area contributed by atoms with Gasteiger partial charge in [0.15, 0.2) is 0 Å². The first kappa shape index (κ1) is 15.0. The number of hydrogen-bond acceptors (Lipinski definition) is 4. The molecule has 1 heterocycles. The summed E-state index contributed by atoms with van der Waals surface area (Å²) in [5.41, 5.74) is 0.355. The molecule has 0 amide bonds. The van der Waals surface area contributed by atoms with Gasteiger partial charge in [-0.25, -0.2) is 0 Å². The van der Waals surface area contributed by atoms with Gasteiger partial charge in [-0.2, -0.15) is 0 Å². The fourth-order valence-corrected chi connectivity index (χ4v) is 2.50. The first-order valence-electron chi connectivity index (χ1n) is 6.88. The zero-order chi connectivity index (χ0) is 14.4. The van der Waals surface area contributed by atoms with Crippen LogP contribution in [-0.2, 0) is 9.53 Å². The number of ether oxygens (including phenoxy) is 1. The highest BCUT2D eigenvalue weighted by Gasteiger charge is 2.33. The number of aliphatic carboxylic acids is 1. The van der Waals surface area contributed by atoms with E-state index in [1.165, 1.54) is 0 Å². The lowest BCUT2D eigenvalue weighted by atomic mass is 9.89. The Labute approximate surface area is 118 Å². The van der Waals surface area contributed by atoms with Crippen LogP contribution in [0.4, 0.5) is 0 Å². The molecule has 0 radical (unpaired) electrons. The highest BCUT2D eigenvalue weighted by atomic mass is 16.5. The second-order valence-corrected chi connectivity index (χ2v) is 5.23. The van der Waals surface area contributed by atoms with Crippen LogP contribution in [0, 0.1) is 0 Å². The van der Waals surface area contributed by atoms with Gasteiger partial charge in [0.05, 0.1) is 12.5 Å². The molecule has 1 aliphatic heterocycles. The Morgan fingerprint density at radius 3 is 2.50 bits per heavy atom. The summed E-state index contributed by atoms with van der Waals surface area (Å²) in [7, 11) is 0. The van der Waals surface area contributed by atoms with Crippen molar-refractivity contribution in [1.29, 1.82) is 0 Å². The molecule has 1 unspecified atom stereocenters. The number of aliphatic hydroxyl groups excluding tert-OH is 1. The zero-order valence-electron chi connectivity index (χ0n) is 11.4. The summed E-state index contributed by atoms with van der Waals surface area (Å²) in [5.74, 6) is -1.47. The Bertz CT molecular complexity index is 429. The zero-order valence-corrected chi connectivity index (χ0v) is 11.4. The minimum Gasteiger partial charge on any atom is -0.481 e. The predicted molar refractivity (Wildman–Crippen MR) is 74.7 cm³/mol. The second kappa shape index (κ2) is 6.83. The number of rotatable bonds is 6. The van der Waals surface area contributed by atoms with Gasteiger partial charge >= 0.3 is 5.97 Å². The lowest BCUT2D eigenvalue weighted by molar-refractivity contribution is -0.138. The summed E-state index contributed by atoms with van der Waals surface area (Å²) < 4.78 is 5.30. The summed E-state index contributed by atoms with van der Waals surface area (Å²) in [6.07, 6.45) is 1.40. The number of benzene rings is 1. The van der Waals surface area contributed by atoms with Gasteiger partial charge in [0.2, 0.25) is 0 Å². The molecule has 5 heteroatoms. The van der Waals surface area contributed by atoms with Crippen molar-refractivity contribution in [1.82, 2.24) is 5.32 Å². The molecule has 1 aromatic rings. The van der Waals surface area contributed by atoms with Gasteiger partial charge in [0.25, 0.3) is 0 Å². The number of nitrogens with one attached hydrogen (secondary N) is 1. The average molecular weight is 279 g/mol. The lowest BCUT2D eigenvalue weighted by Gasteiger charge is -2.37. The van der Waals surface area contributed by atoms with E-state index in [1.54, 1.807) is 0 Å². The highest BCUT2D eigenvalue weighted by molar-refractivity contribution is 5.76. The number of aliphatic hydroxyl groups is 1. The average Bonchev–Trinajstić information content (AvgIpc) is 2.49. The van der Waals surface area contributed by atoms with Gasteiger partial charge in [-0.15, -0.1) is 0 Å². The molecule has 0 spiro atoms. The van der Waals surface area contributed by atoms with Crippen molar-refractivity contribution in [2.24, 2.45) is 0 Å². The van der Waals surface area contributed by atoms with Gasteiger partial charge in [-0.05, 0) is 18.4 Å². The van der Waals surface area contributed by atoms with E-state index < -0.39 is 17.4 Å². The molecule has 0 aliphatic carbocycles. The minimum atomic E-state index is -0.858. The number of carbonyl (C=O) groups is 1. The molecular weight excluding hydrogens is 258 g/mol. The summed E-state index contributed by atoms with van der Waals surface area (Å²) in [5, 5.41) is 22.2. The van der Waals surface area contributed by atoms with E-state index in [0.29, 0.717) is 32.6 Å². The number of carboxylic acids is 1. The van der Waals surface area contributed by atoms with E-state index in [1.807, 2.05) is 30.3 Å². The first-order chi connectivity index (χ1) is 9.67. The largest absolute Gasteiger partial charge is 0.481 e. The van der Waals surface area contributed by atoms with Crippen LogP contribution in [0.15, 0.2) is 30.3 Å². The van der Waals surface area contributed by atoms with E-state index in [2.05, 4.69) is 5.32 Å². The molecular formula is C15H21NO4. The SMILES string of the molecule is O=C(O)C(CNC1(CO)CCOCC1)c1ccccc1. The van der Waals surface area contributed by atoms with Gasteiger partial charge in [-0.3, -0.25) is 4.79 Å². The molecule has 3 N–H and O–H groups in total. The highest BCUT2D eigenvalue weighted by Crippen LogP contribution is 2.22. The molecule has 1 aliphatic rings. The molecule has 1 aromatic carbocycles. The fraction of sp³-hybridized carbons (Fsp3) is 0.533. The van der Waals surface area contributed by atoms with Crippen molar-refractivity contribution in [2.75, 3.05) is 26.4 Å². The number of carboxylic acid groups (broad SMARTS) is 1. The Hall–Kier alpha value is -1.43. The molecule has 0 bridgehead atoms. The Kier molecular flexibility index (Phi) is 5.11. The molecule has 0 saturated carbocycles. The van der Waals surface area contributed by atoms with Gasteiger partial charge in [0, 0.05) is 25.3 Å². The summed E-state index contributed by atoms with van der Waals surface area (Å²) in [6, 6.07) is 9.17.